The van der Waals surface area contributed by atoms with Gasteiger partial charge in [0.1, 0.15) is 5.76 Å². The van der Waals surface area contributed by atoms with Gasteiger partial charge >= 0.3 is 0 Å². The lowest BCUT2D eigenvalue weighted by Gasteiger charge is -2.29. The molecule has 1 aliphatic rings. The van der Waals surface area contributed by atoms with E-state index in [1.807, 2.05) is 13.8 Å². The van der Waals surface area contributed by atoms with Crippen LogP contribution in [0, 0.1) is 25.7 Å². The zero-order chi connectivity index (χ0) is 13.8. The summed E-state index contributed by atoms with van der Waals surface area (Å²) in [5.41, 5.74) is 3.85. The fourth-order valence-corrected chi connectivity index (χ4v) is 3.07. The number of nitrogens with zero attached hydrogens (tertiary/aromatic N) is 1. The molecule has 0 aromatic carbocycles. The summed E-state index contributed by atoms with van der Waals surface area (Å²) in [5, 5.41) is 7.60. The average Bonchev–Trinajstić information content (AvgIpc) is 2.68. The van der Waals surface area contributed by atoms with Gasteiger partial charge in [0.2, 0.25) is 0 Å². The zero-order valence-corrected chi connectivity index (χ0v) is 12.6. The molecule has 3 heteroatoms. The van der Waals surface area contributed by atoms with Crippen molar-refractivity contribution >= 4 is 0 Å². The first-order valence-corrected chi connectivity index (χ1v) is 7.38. The summed E-state index contributed by atoms with van der Waals surface area (Å²) in [6.07, 6.45) is 5.99. The third-order valence-electron chi connectivity index (χ3n) is 4.46. The number of rotatable bonds is 5. The summed E-state index contributed by atoms with van der Waals surface area (Å²) in [4.78, 5) is 0. The molecule has 1 aromatic rings. The lowest BCUT2D eigenvalue weighted by Crippen LogP contribution is -2.31. The maximum atomic E-state index is 5.19. The van der Waals surface area contributed by atoms with Crippen LogP contribution in [0.3, 0.4) is 0 Å². The van der Waals surface area contributed by atoms with Crippen LogP contribution in [-0.2, 0) is 6.42 Å². The molecule has 1 heterocycles. The van der Waals surface area contributed by atoms with Gasteiger partial charge in [-0.1, -0.05) is 23.7 Å². The molecule has 0 fully saturated rings. The number of hydrogen-bond donors (Lipinski definition) is 1. The second-order valence-electron chi connectivity index (χ2n) is 5.87. The van der Waals surface area contributed by atoms with Crippen molar-refractivity contribution < 1.29 is 4.52 Å². The lowest BCUT2D eigenvalue weighted by atomic mass is 9.80. The van der Waals surface area contributed by atoms with Crippen LogP contribution >= 0.6 is 0 Å². The van der Waals surface area contributed by atoms with E-state index in [2.05, 4.69) is 30.4 Å². The highest BCUT2D eigenvalue weighted by Gasteiger charge is 2.21. The van der Waals surface area contributed by atoms with Crippen molar-refractivity contribution in [2.45, 2.75) is 47.0 Å². The summed E-state index contributed by atoms with van der Waals surface area (Å²) in [7, 11) is 0. The SMILES string of the molecule is CC1=CCC[C@@H](C)[C@@H]1CNCCc1c(C)noc1C. The Morgan fingerprint density at radius 2 is 2.16 bits per heavy atom. The predicted molar refractivity (Wildman–Crippen MR) is 78.2 cm³/mol. The molecule has 1 aliphatic carbocycles. The number of hydrogen-bond acceptors (Lipinski definition) is 3. The van der Waals surface area contributed by atoms with E-state index in [-0.39, 0.29) is 0 Å². The summed E-state index contributed by atoms with van der Waals surface area (Å²) in [5.74, 6) is 2.47. The Morgan fingerprint density at radius 3 is 2.79 bits per heavy atom. The molecule has 0 spiro atoms. The molecule has 0 bridgehead atoms. The average molecular weight is 262 g/mol. The molecule has 1 aromatic heterocycles. The first-order valence-electron chi connectivity index (χ1n) is 7.38. The lowest BCUT2D eigenvalue weighted by molar-refractivity contribution is 0.351. The van der Waals surface area contributed by atoms with Crippen molar-refractivity contribution in [1.29, 1.82) is 0 Å². The van der Waals surface area contributed by atoms with E-state index >= 15 is 0 Å². The minimum atomic E-state index is 0.707. The van der Waals surface area contributed by atoms with Gasteiger partial charge < -0.3 is 9.84 Å². The van der Waals surface area contributed by atoms with Gasteiger partial charge in [0.25, 0.3) is 0 Å². The molecule has 0 amide bonds. The van der Waals surface area contributed by atoms with E-state index in [4.69, 9.17) is 4.52 Å². The van der Waals surface area contributed by atoms with Gasteiger partial charge in [-0.05, 0) is 58.4 Å². The highest BCUT2D eigenvalue weighted by Crippen LogP contribution is 2.29. The smallest absolute Gasteiger partial charge is 0.137 e. The second-order valence-corrected chi connectivity index (χ2v) is 5.87. The van der Waals surface area contributed by atoms with Crippen molar-refractivity contribution in [2.24, 2.45) is 11.8 Å². The summed E-state index contributed by atoms with van der Waals surface area (Å²) in [6, 6.07) is 0. The van der Waals surface area contributed by atoms with Crippen LogP contribution in [0.2, 0.25) is 0 Å². The highest BCUT2D eigenvalue weighted by molar-refractivity contribution is 5.21. The standard InChI is InChI=1S/C16H26N2O/c1-11-6-5-7-12(2)16(11)10-17-9-8-15-13(3)18-19-14(15)4/h6,12,16-17H,5,7-10H2,1-4H3/t12-,16-/m1/s1. The van der Waals surface area contributed by atoms with Crippen LogP contribution in [-0.4, -0.2) is 18.2 Å². The van der Waals surface area contributed by atoms with Gasteiger partial charge in [-0.15, -0.1) is 0 Å². The Kier molecular flexibility index (Phi) is 4.81. The van der Waals surface area contributed by atoms with Crippen LogP contribution in [0.1, 0.15) is 43.7 Å². The van der Waals surface area contributed by atoms with E-state index in [9.17, 15) is 0 Å². The van der Waals surface area contributed by atoms with Crippen LogP contribution in [0.5, 0.6) is 0 Å². The third-order valence-corrected chi connectivity index (χ3v) is 4.46. The first-order chi connectivity index (χ1) is 9.09. The highest BCUT2D eigenvalue weighted by atomic mass is 16.5. The Bertz CT molecular complexity index is 428. The van der Waals surface area contributed by atoms with Crippen LogP contribution < -0.4 is 5.32 Å². The van der Waals surface area contributed by atoms with Gasteiger partial charge in [0.15, 0.2) is 0 Å². The molecular formula is C16H26N2O. The van der Waals surface area contributed by atoms with Crippen LogP contribution in [0.15, 0.2) is 16.2 Å². The second kappa shape index (κ2) is 6.38. The quantitative estimate of drug-likeness (QED) is 0.652. The maximum absolute atomic E-state index is 5.19. The Balaban J connectivity index is 1.78. The number of aromatic nitrogens is 1. The summed E-state index contributed by atoms with van der Waals surface area (Å²) < 4.78 is 5.19. The molecule has 2 atom stereocenters. The van der Waals surface area contributed by atoms with Crippen molar-refractivity contribution in [3.63, 3.8) is 0 Å². The van der Waals surface area contributed by atoms with Gasteiger partial charge in [-0.3, -0.25) is 0 Å². The fourth-order valence-electron chi connectivity index (χ4n) is 3.07. The van der Waals surface area contributed by atoms with Crippen molar-refractivity contribution in [2.75, 3.05) is 13.1 Å². The van der Waals surface area contributed by atoms with E-state index in [0.29, 0.717) is 5.92 Å². The van der Waals surface area contributed by atoms with E-state index in [1.165, 1.54) is 18.4 Å². The largest absolute Gasteiger partial charge is 0.361 e. The first kappa shape index (κ1) is 14.3. The molecule has 1 N–H and O–H groups in total. The van der Waals surface area contributed by atoms with Gasteiger partial charge in [0.05, 0.1) is 5.69 Å². The predicted octanol–water partition coefficient (Wildman–Crippen LogP) is 3.42. The van der Waals surface area contributed by atoms with Crippen molar-refractivity contribution in [1.82, 2.24) is 10.5 Å². The maximum Gasteiger partial charge on any atom is 0.137 e. The third kappa shape index (κ3) is 3.47. The molecule has 3 nitrogen and oxygen atoms in total. The Labute approximate surface area is 116 Å². The minimum Gasteiger partial charge on any atom is -0.361 e. The molecule has 0 saturated carbocycles. The van der Waals surface area contributed by atoms with E-state index in [0.717, 1.165) is 36.9 Å². The number of allylic oxidation sites excluding steroid dienone is 1. The molecule has 0 aliphatic heterocycles. The molecule has 2 rings (SSSR count). The Hall–Kier alpha value is -1.09. The number of nitrogens with one attached hydrogen (secondary N) is 1. The minimum absolute atomic E-state index is 0.707. The summed E-state index contributed by atoms with van der Waals surface area (Å²) in [6.45, 7) is 10.7. The molecular weight excluding hydrogens is 236 g/mol. The molecule has 19 heavy (non-hydrogen) atoms. The molecule has 0 saturated heterocycles. The molecule has 106 valence electrons. The van der Waals surface area contributed by atoms with Crippen LogP contribution in [0.25, 0.3) is 0 Å². The molecule has 0 radical (unpaired) electrons. The fraction of sp³-hybridized carbons (Fsp3) is 0.688. The Morgan fingerprint density at radius 1 is 1.37 bits per heavy atom. The monoisotopic (exact) mass is 262 g/mol. The van der Waals surface area contributed by atoms with E-state index < -0.39 is 0 Å². The van der Waals surface area contributed by atoms with Crippen LogP contribution in [0.4, 0.5) is 0 Å². The molecule has 0 unspecified atom stereocenters. The topological polar surface area (TPSA) is 38.1 Å². The number of aryl methyl sites for hydroxylation is 2. The van der Waals surface area contributed by atoms with Crippen molar-refractivity contribution in [3.8, 4) is 0 Å². The van der Waals surface area contributed by atoms with Gasteiger partial charge in [-0.2, -0.15) is 0 Å². The van der Waals surface area contributed by atoms with E-state index in [1.54, 1.807) is 5.57 Å². The van der Waals surface area contributed by atoms with Crippen molar-refractivity contribution in [3.05, 3.63) is 28.7 Å². The zero-order valence-electron chi connectivity index (χ0n) is 12.6. The summed E-state index contributed by atoms with van der Waals surface area (Å²) >= 11 is 0. The normalized spacial score (nSPS) is 23.5. The van der Waals surface area contributed by atoms with Gasteiger partial charge in [0, 0.05) is 12.1 Å². The van der Waals surface area contributed by atoms with Gasteiger partial charge in [-0.25, -0.2) is 0 Å².